The van der Waals surface area contributed by atoms with Crippen molar-refractivity contribution >= 4 is 12.0 Å². The maximum Gasteiger partial charge on any atom is 0.326 e. The number of nitrogens with zero attached hydrogens (tertiary/aromatic N) is 1. The van der Waals surface area contributed by atoms with Crippen molar-refractivity contribution in [2.75, 3.05) is 20.6 Å². The SMILES string of the molecule is C=CCC(NC(=O)NC(C)CCN(C)C)C(=O)O. The van der Waals surface area contributed by atoms with Gasteiger partial charge in [-0.1, -0.05) is 6.08 Å². The third kappa shape index (κ3) is 7.67. The molecule has 0 saturated heterocycles. The highest BCUT2D eigenvalue weighted by Crippen LogP contribution is 1.95. The van der Waals surface area contributed by atoms with E-state index in [1.54, 1.807) is 0 Å². The van der Waals surface area contributed by atoms with E-state index in [1.165, 1.54) is 6.08 Å². The number of nitrogens with one attached hydrogen (secondary N) is 2. The number of hydrogen-bond donors (Lipinski definition) is 3. The molecule has 3 N–H and O–H groups in total. The fourth-order valence-corrected chi connectivity index (χ4v) is 1.34. The first-order valence-corrected chi connectivity index (χ1v) is 5.92. The molecule has 0 saturated carbocycles. The molecule has 18 heavy (non-hydrogen) atoms. The lowest BCUT2D eigenvalue weighted by Gasteiger charge is -2.19. The van der Waals surface area contributed by atoms with Gasteiger partial charge >= 0.3 is 12.0 Å². The van der Waals surface area contributed by atoms with E-state index in [2.05, 4.69) is 17.2 Å². The highest BCUT2D eigenvalue weighted by atomic mass is 16.4. The van der Waals surface area contributed by atoms with Crippen LogP contribution in [0.4, 0.5) is 4.79 Å². The zero-order valence-corrected chi connectivity index (χ0v) is 11.3. The van der Waals surface area contributed by atoms with Crippen molar-refractivity contribution in [2.24, 2.45) is 0 Å². The minimum atomic E-state index is -1.06. The van der Waals surface area contributed by atoms with Gasteiger partial charge in [0.1, 0.15) is 6.04 Å². The molecule has 2 amide bonds. The maximum atomic E-state index is 11.6. The Balaban J connectivity index is 4.07. The van der Waals surface area contributed by atoms with Gasteiger partial charge in [-0.15, -0.1) is 6.58 Å². The first-order chi connectivity index (χ1) is 8.36. The topological polar surface area (TPSA) is 81.7 Å². The summed E-state index contributed by atoms with van der Waals surface area (Å²) in [6.07, 6.45) is 2.48. The normalized spacial score (nSPS) is 13.8. The third-order valence-corrected chi connectivity index (χ3v) is 2.39. The molecule has 2 unspecified atom stereocenters. The zero-order chi connectivity index (χ0) is 14.1. The number of urea groups is 1. The standard InChI is InChI=1S/C12H23N3O3/c1-5-6-10(11(16)17)14-12(18)13-9(2)7-8-15(3)4/h5,9-10H,1,6-8H2,2-4H3,(H,16,17)(H2,13,14,18). The smallest absolute Gasteiger partial charge is 0.326 e. The highest BCUT2D eigenvalue weighted by Gasteiger charge is 2.18. The summed E-state index contributed by atoms with van der Waals surface area (Å²) in [6, 6.07) is -1.40. The lowest BCUT2D eigenvalue weighted by molar-refractivity contribution is -0.139. The maximum absolute atomic E-state index is 11.6. The molecule has 0 aliphatic carbocycles. The number of hydrogen-bond acceptors (Lipinski definition) is 3. The molecule has 0 fully saturated rings. The molecular formula is C12H23N3O3. The summed E-state index contributed by atoms with van der Waals surface area (Å²) in [5.74, 6) is -1.06. The predicted molar refractivity (Wildman–Crippen MR) is 70.5 cm³/mol. The molecule has 0 radical (unpaired) electrons. The van der Waals surface area contributed by atoms with E-state index in [9.17, 15) is 9.59 Å². The van der Waals surface area contributed by atoms with Gasteiger partial charge in [0, 0.05) is 6.04 Å². The summed E-state index contributed by atoms with van der Waals surface area (Å²) in [4.78, 5) is 24.4. The van der Waals surface area contributed by atoms with Gasteiger partial charge in [0.25, 0.3) is 0 Å². The Morgan fingerprint density at radius 1 is 1.39 bits per heavy atom. The average Bonchev–Trinajstić information content (AvgIpc) is 2.25. The van der Waals surface area contributed by atoms with Crippen molar-refractivity contribution in [3.8, 4) is 0 Å². The summed E-state index contributed by atoms with van der Waals surface area (Å²) in [5, 5.41) is 14.0. The number of carboxylic acid groups (broad SMARTS) is 1. The number of carbonyl (C=O) groups excluding carboxylic acids is 1. The Kier molecular flexibility index (Phi) is 7.78. The van der Waals surface area contributed by atoms with Crippen LogP contribution in [0, 0.1) is 0 Å². The van der Waals surface area contributed by atoms with Crippen molar-refractivity contribution in [1.82, 2.24) is 15.5 Å². The third-order valence-electron chi connectivity index (χ3n) is 2.39. The molecule has 6 heteroatoms. The van der Waals surface area contributed by atoms with Crippen LogP contribution in [0.3, 0.4) is 0 Å². The number of carboxylic acids is 1. The molecule has 0 aliphatic heterocycles. The second-order valence-electron chi connectivity index (χ2n) is 4.53. The Bertz CT molecular complexity index is 292. The Morgan fingerprint density at radius 2 is 2.00 bits per heavy atom. The van der Waals surface area contributed by atoms with Crippen LogP contribution >= 0.6 is 0 Å². The van der Waals surface area contributed by atoms with Crippen molar-refractivity contribution < 1.29 is 14.7 Å². The van der Waals surface area contributed by atoms with Gasteiger partial charge in [-0.25, -0.2) is 9.59 Å². The lowest BCUT2D eigenvalue weighted by Crippen LogP contribution is -2.48. The summed E-state index contributed by atoms with van der Waals surface area (Å²) >= 11 is 0. The summed E-state index contributed by atoms with van der Waals surface area (Å²) in [5.41, 5.74) is 0. The van der Waals surface area contributed by atoms with Crippen molar-refractivity contribution in [3.63, 3.8) is 0 Å². The number of amides is 2. The number of aliphatic carboxylic acids is 1. The van der Waals surface area contributed by atoms with E-state index < -0.39 is 18.0 Å². The van der Waals surface area contributed by atoms with Crippen LogP contribution in [0.15, 0.2) is 12.7 Å². The molecule has 0 bridgehead atoms. The molecule has 0 aliphatic rings. The summed E-state index contributed by atoms with van der Waals surface area (Å²) in [7, 11) is 3.91. The van der Waals surface area contributed by atoms with E-state index in [4.69, 9.17) is 5.11 Å². The van der Waals surface area contributed by atoms with Crippen LogP contribution in [-0.2, 0) is 4.79 Å². The van der Waals surface area contributed by atoms with Gasteiger partial charge in [0.2, 0.25) is 0 Å². The molecule has 0 rings (SSSR count). The first kappa shape index (κ1) is 16.4. The second-order valence-corrected chi connectivity index (χ2v) is 4.53. The minimum absolute atomic E-state index is 0.00873. The predicted octanol–water partition coefficient (Wildman–Crippen LogP) is 0.655. The molecular weight excluding hydrogens is 234 g/mol. The van der Waals surface area contributed by atoms with Gasteiger partial charge in [-0.05, 0) is 40.4 Å². The van der Waals surface area contributed by atoms with Gasteiger partial charge in [0.05, 0.1) is 0 Å². The van der Waals surface area contributed by atoms with Crippen LogP contribution < -0.4 is 10.6 Å². The first-order valence-electron chi connectivity index (χ1n) is 5.92. The largest absolute Gasteiger partial charge is 0.480 e. The zero-order valence-electron chi connectivity index (χ0n) is 11.3. The van der Waals surface area contributed by atoms with Gasteiger partial charge in [-0.3, -0.25) is 0 Å². The lowest BCUT2D eigenvalue weighted by atomic mass is 10.2. The molecule has 0 aromatic carbocycles. The molecule has 0 aromatic rings. The van der Waals surface area contributed by atoms with Crippen LogP contribution in [0.2, 0.25) is 0 Å². The van der Waals surface area contributed by atoms with Crippen LogP contribution in [-0.4, -0.2) is 54.7 Å². The van der Waals surface area contributed by atoms with E-state index in [0.29, 0.717) is 0 Å². The van der Waals surface area contributed by atoms with Crippen molar-refractivity contribution in [3.05, 3.63) is 12.7 Å². The molecule has 0 aromatic heterocycles. The number of rotatable bonds is 8. The van der Waals surface area contributed by atoms with Gasteiger partial charge in [0.15, 0.2) is 0 Å². The monoisotopic (exact) mass is 257 g/mol. The quantitative estimate of drug-likeness (QED) is 0.558. The molecule has 0 spiro atoms. The van der Waals surface area contributed by atoms with Crippen molar-refractivity contribution in [1.29, 1.82) is 0 Å². The van der Waals surface area contributed by atoms with E-state index in [0.717, 1.165) is 13.0 Å². The fraction of sp³-hybridized carbons (Fsp3) is 0.667. The van der Waals surface area contributed by atoms with Crippen LogP contribution in [0.1, 0.15) is 19.8 Å². The molecule has 104 valence electrons. The molecule has 6 nitrogen and oxygen atoms in total. The molecule has 2 atom stereocenters. The van der Waals surface area contributed by atoms with Gasteiger partial charge in [-0.2, -0.15) is 0 Å². The second kappa shape index (κ2) is 8.52. The average molecular weight is 257 g/mol. The minimum Gasteiger partial charge on any atom is -0.480 e. The Hall–Kier alpha value is -1.56. The molecule has 0 heterocycles. The number of carbonyl (C=O) groups is 2. The van der Waals surface area contributed by atoms with E-state index in [1.807, 2.05) is 25.9 Å². The Morgan fingerprint density at radius 3 is 2.44 bits per heavy atom. The van der Waals surface area contributed by atoms with Gasteiger partial charge < -0.3 is 20.6 Å². The van der Waals surface area contributed by atoms with E-state index >= 15 is 0 Å². The van der Waals surface area contributed by atoms with E-state index in [-0.39, 0.29) is 12.5 Å². The highest BCUT2D eigenvalue weighted by molar-refractivity contribution is 5.82. The fourth-order valence-electron chi connectivity index (χ4n) is 1.34. The summed E-state index contributed by atoms with van der Waals surface area (Å²) in [6.45, 7) is 6.20. The summed E-state index contributed by atoms with van der Waals surface area (Å²) < 4.78 is 0. The van der Waals surface area contributed by atoms with Crippen molar-refractivity contribution in [2.45, 2.75) is 31.8 Å². The van der Waals surface area contributed by atoms with Crippen LogP contribution in [0.25, 0.3) is 0 Å². The Labute approximate surface area is 108 Å². The van der Waals surface area contributed by atoms with Crippen LogP contribution in [0.5, 0.6) is 0 Å².